The van der Waals surface area contributed by atoms with Crippen molar-refractivity contribution in [3.8, 4) is 0 Å². The van der Waals surface area contributed by atoms with Crippen molar-refractivity contribution in [2.75, 3.05) is 6.54 Å². The van der Waals surface area contributed by atoms with Crippen molar-refractivity contribution in [3.63, 3.8) is 0 Å². The summed E-state index contributed by atoms with van der Waals surface area (Å²) in [6.07, 6.45) is 5.86. The van der Waals surface area contributed by atoms with E-state index in [0.717, 1.165) is 12.5 Å². The second kappa shape index (κ2) is 6.39. The molecule has 1 aliphatic carbocycles. The van der Waals surface area contributed by atoms with Crippen LogP contribution in [0.5, 0.6) is 0 Å². The predicted octanol–water partition coefficient (Wildman–Crippen LogP) is 2.89. The maximum Gasteiger partial charge on any atom is 0.307 e. The molecule has 1 saturated carbocycles. The van der Waals surface area contributed by atoms with Crippen molar-refractivity contribution in [3.05, 3.63) is 0 Å². The van der Waals surface area contributed by atoms with Crippen LogP contribution >= 0.6 is 0 Å². The Kier molecular flexibility index (Phi) is 5.44. The van der Waals surface area contributed by atoms with E-state index in [2.05, 4.69) is 12.2 Å². The van der Waals surface area contributed by atoms with E-state index >= 15 is 0 Å². The normalized spacial score (nSPS) is 19.3. The maximum absolute atomic E-state index is 11.5. The summed E-state index contributed by atoms with van der Waals surface area (Å²) in [6.45, 7) is 8.66. The van der Waals surface area contributed by atoms with Crippen LogP contribution in [-0.2, 0) is 9.53 Å². The minimum absolute atomic E-state index is 0.108. The molecule has 0 aromatic rings. The van der Waals surface area contributed by atoms with Gasteiger partial charge in [0.25, 0.3) is 0 Å². The summed E-state index contributed by atoms with van der Waals surface area (Å²) in [5, 5.41) is 3.44. The largest absolute Gasteiger partial charge is 0.460 e. The van der Waals surface area contributed by atoms with Crippen LogP contribution < -0.4 is 5.32 Å². The minimum atomic E-state index is -0.367. The predicted molar refractivity (Wildman–Crippen MR) is 69.9 cm³/mol. The summed E-state index contributed by atoms with van der Waals surface area (Å²) in [6, 6.07) is 0.528. The van der Waals surface area contributed by atoms with Gasteiger partial charge in [0.2, 0.25) is 0 Å². The lowest BCUT2D eigenvalue weighted by atomic mass is 10.00. The number of esters is 1. The first-order valence-corrected chi connectivity index (χ1v) is 6.84. The average Bonchev–Trinajstić information content (AvgIpc) is 2.66. The monoisotopic (exact) mass is 241 g/mol. The van der Waals surface area contributed by atoms with E-state index in [0.29, 0.717) is 12.5 Å². The molecule has 1 aliphatic rings. The van der Waals surface area contributed by atoms with E-state index in [1.54, 1.807) is 0 Å². The van der Waals surface area contributed by atoms with Gasteiger partial charge in [-0.1, -0.05) is 12.8 Å². The van der Waals surface area contributed by atoms with Gasteiger partial charge in [-0.3, -0.25) is 4.79 Å². The number of rotatable bonds is 5. The summed E-state index contributed by atoms with van der Waals surface area (Å²) < 4.78 is 5.27. The highest BCUT2D eigenvalue weighted by Crippen LogP contribution is 2.27. The van der Waals surface area contributed by atoms with Crippen molar-refractivity contribution in [2.24, 2.45) is 5.92 Å². The molecule has 17 heavy (non-hydrogen) atoms. The molecule has 0 aromatic carbocycles. The van der Waals surface area contributed by atoms with Crippen molar-refractivity contribution in [1.82, 2.24) is 5.32 Å². The molecule has 3 heteroatoms. The number of ether oxygens (including phenoxy) is 1. The molecule has 0 bridgehead atoms. The summed E-state index contributed by atoms with van der Waals surface area (Å²) in [4.78, 5) is 11.5. The van der Waals surface area contributed by atoms with E-state index in [1.807, 2.05) is 20.8 Å². The number of hydrogen-bond donors (Lipinski definition) is 1. The highest BCUT2D eigenvalue weighted by molar-refractivity contribution is 5.70. The van der Waals surface area contributed by atoms with Crippen LogP contribution in [-0.4, -0.2) is 24.2 Å². The quantitative estimate of drug-likeness (QED) is 0.752. The van der Waals surface area contributed by atoms with Gasteiger partial charge in [0.15, 0.2) is 0 Å². The Morgan fingerprint density at radius 1 is 1.35 bits per heavy atom. The van der Waals surface area contributed by atoms with E-state index in [4.69, 9.17) is 4.74 Å². The lowest BCUT2D eigenvalue weighted by Crippen LogP contribution is -2.34. The molecule has 0 radical (unpaired) electrons. The smallest absolute Gasteiger partial charge is 0.307 e. The molecule has 0 spiro atoms. The molecule has 1 fully saturated rings. The zero-order chi connectivity index (χ0) is 12.9. The van der Waals surface area contributed by atoms with Crippen LogP contribution in [0, 0.1) is 5.92 Å². The Bertz CT molecular complexity index is 239. The van der Waals surface area contributed by atoms with Gasteiger partial charge < -0.3 is 10.1 Å². The van der Waals surface area contributed by atoms with Crippen LogP contribution in [0.25, 0.3) is 0 Å². The molecule has 0 unspecified atom stereocenters. The summed E-state index contributed by atoms with van der Waals surface area (Å²) >= 11 is 0. The SMILES string of the molecule is C[C@@H](NCCC(=O)OC(C)(C)C)C1CCCC1. The first-order chi connectivity index (χ1) is 7.88. The Labute approximate surface area is 105 Å². The molecule has 3 nitrogen and oxygen atoms in total. The Balaban J connectivity index is 2.12. The van der Waals surface area contributed by atoms with Gasteiger partial charge in [0.05, 0.1) is 6.42 Å². The van der Waals surface area contributed by atoms with Gasteiger partial charge in [-0.2, -0.15) is 0 Å². The number of hydrogen-bond acceptors (Lipinski definition) is 3. The summed E-state index contributed by atoms with van der Waals surface area (Å²) in [5.41, 5.74) is -0.367. The topological polar surface area (TPSA) is 38.3 Å². The Hall–Kier alpha value is -0.570. The highest BCUT2D eigenvalue weighted by Gasteiger charge is 2.21. The van der Waals surface area contributed by atoms with Crippen LogP contribution in [0.1, 0.15) is 59.8 Å². The second-order valence-electron chi connectivity index (χ2n) is 6.12. The fourth-order valence-electron chi connectivity index (χ4n) is 2.42. The van der Waals surface area contributed by atoms with E-state index in [1.165, 1.54) is 25.7 Å². The van der Waals surface area contributed by atoms with Gasteiger partial charge in [-0.15, -0.1) is 0 Å². The molecule has 0 aliphatic heterocycles. The van der Waals surface area contributed by atoms with Crippen molar-refractivity contribution < 1.29 is 9.53 Å². The molecule has 1 N–H and O–H groups in total. The van der Waals surface area contributed by atoms with Crippen LogP contribution in [0.15, 0.2) is 0 Å². The zero-order valence-electron chi connectivity index (χ0n) is 11.7. The minimum Gasteiger partial charge on any atom is -0.460 e. The molecule has 1 atom stereocenters. The third kappa shape index (κ3) is 6.06. The van der Waals surface area contributed by atoms with E-state index in [9.17, 15) is 4.79 Å². The highest BCUT2D eigenvalue weighted by atomic mass is 16.6. The van der Waals surface area contributed by atoms with Crippen molar-refractivity contribution in [2.45, 2.75) is 71.4 Å². The first kappa shape index (κ1) is 14.5. The third-order valence-corrected chi connectivity index (χ3v) is 3.32. The molecule has 0 saturated heterocycles. The lowest BCUT2D eigenvalue weighted by molar-refractivity contribution is -0.154. The number of nitrogens with one attached hydrogen (secondary N) is 1. The average molecular weight is 241 g/mol. The lowest BCUT2D eigenvalue weighted by Gasteiger charge is -2.22. The summed E-state index contributed by atoms with van der Waals surface area (Å²) in [7, 11) is 0. The van der Waals surface area contributed by atoms with Gasteiger partial charge in [0.1, 0.15) is 5.60 Å². The molecule has 0 aromatic heterocycles. The Morgan fingerprint density at radius 3 is 2.47 bits per heavy atom. The fourth-order valence-corrected chi connectivity index (χ4v) is 2.42. The summed E-state index contributed by atoms with van der Waals surface area (Å²) in [5.74, 6) is 0.692. The van der Waals surface area contributed by atoms with Crippen LogP contribution in [0.4, 0.5) is 0 Å². The van der Waals surface area contributed by atoms with Gasteiger partial charge in [-0.25, -0.2) is 0 Å². The molecule has 1 rings (SSSR count). The number of carbonyl (C=O) groups excluding carboxylic acids is 1. The molecule has 100 valence electrons. The van der Waals surface area contributed by atoms with Gasteiger partial charge >= 0.3 is 5.97 Å². The van der Waals surface area contributed by atoms with E-state index < -0.39 is 0 Å². The first-order valence-electron chi connectivity index (χ1n) is 6.84. The second-order valence-corrected chi connectivity index (χ2v) is 6.12. The third-order valence-electron chi connectivity index (χ3n) is 3.32. The van der Waals surface area contributed by atoms with E-state index in [-0.39, 0.29) is 11.6 Å². The van der Waals surface area contributed by atoms with Crippen LogP contribution in [0.3, 0.4) is 0 Å². The molecular formula is C14H27NO2. The van der Waals surface area contributed by atoms with Gasteiger partial charge in [-0.05, 0) is 46.5 Å². The molecular weight excluding hydrogens is 214 g/mol. The van der Waals surface area contributed by atoms with Crippen LogP contribution in [0.2, 0.25) is 0 Å². The molecule has 0 amide bonds. The van der Waals surface area contributed by atoms with Gasteiger partial charge in [0, 0.05) is 12.6 Å². The Morgan fingerprint density at radius 2 is 1.94 bits per heavy atom. The fraction of sp³-hybridized carbons (Fsp3) is 0.929. The zero-order valence-corrected chi connectivity index (χ0v) is 11.7. The number of carbonyl (C=O) groups is 1. The van der Waals surface area contributed by atoms with Crippen molar-refractivity contribution >= 4 is 5.97 Å². The van der Waals surface area contributed by atoms with Crippen molar-refractivity contribution in [1.29, 1.82) is 0 Å². The molecule has 0 heterocycles. The maximum atomic E-state index is 11.5. The standard InChI is InChI=1S/C14H27NO2/c1-11(12-7-5-6-8-12)15-10-9-13(16)17-14(2,3)4/h11-12,15H,5-10H2,1-4H3/t11-/m1/s1.